The molecule has 1 saturated heterocycles. The summed E-state index contributed by atoms with van der Waals surface area (Å²) in [6.07, 6.45) is 1.67. The second kappa shape index (κ2) is 10.6. The van der Waals surface area contributed by atoms with Crippen molar-refractivity contribution in [3.8, 4) is 0 Å². The quantitative estimate of drug-likeness (QED) is 0.283. The zero-order valence-corrected chi connectivity index (χ0v) is 21.5. The molecule has 1 aliphatic rings. The zero-order valence-electron chi connectivity index (χ0n) is 20.6. The number of aromatic nitrogens is 4. The van der Waals surface area contributed by atoms with Crippen molar-refractivity contribution < 1.29 is 19.7 Å². The number of aliphatic hydroxyl groups excluding tert-OH is 1. The van der Waals surface area contributed by atoms with Gasteiger partial charge < -0.3 is 31.3 Å². The van der Waals surface area contributed by atoms with Crippen molar-refractivity contribution in [2.24, 2.45) is 0 Å². The van der Waals surface area contributed by atoms with Crippen molar-refractivity contribution in [1.29, 1.82) is 0 Å². The van der Waals surface area contributed by atoms with Crippen LogP contribution in [0.4, 0.5) is 16.3 Å². The molecule has 1 aromatic carbocycles. The average Bonchev–Trinajstić information content (AvgIpc) is 3.39. The second-order valence-corrected chi connectivity index (χ2v) is 11.0. The van der Waals surface area contributed by atoms with Gasteiger partial charge in [-0.3, -0.25) is 4.57 Å². The number of nitrogen functional groups attached to an aromatic ring is 1. The van der Waals surface area contributed by atoms with Crippen molar-refractivity contribution in [3.63, 3.8) is 0 Å². The van der Waals surface area contributed by atoms with E-state index < -0.39 is 17.9 Å². The third kappa shape index (κ3) is 5.56. The van der Waals surface area contributed by atoms with Gasteiger partial charge in [-0.2, -0.15) is 11.8 Å². The summed E-state index contributed by atoms with van der Waals surface area (Å²) >= 11 is 1.58. The Morgan fingerprint density at radius 3 is 2.75 bits per heavy atom. The number of nitrogens with two attached hydrogens (primary N) is 1. The van der Waals surface area contributed by atoms with Crippen LogP contribution in [0.15, 0.2) is 36.9 Å². The van der Waals surface area contributed by atoms with Crippen LogP contribution < -0.4 is 16.4 Å². The molecule has 0 bridgehead atoms. The first-order chi connectivity index (χ1) is 17.1. The van der Waals surface area contributed by atoms with E-state index in [0.717, 1.165) is 17.9 Å². The molecule has 0 unspecified atom stereocenters. The second-order valence-electron chi connectivity index (χ2n) is 9.86. The summed E-state index contributed by atoms with van der Waals surface area (Å²) in [5.74, 6) is 1.44. The van der Waals surface area contributed by atoms with Crippen LogP contribution in [0.3, 0.4) is 0 Å². The van der Waals surface area contributed by atoms with Crippen LogP contribution in [-0.4, -0.2) is 72.6 Å². The van der Waals surface area contributed by atoms with Gasteiger partial charge in [0.05, 0.1) is 19.0 Å². The minimum Gasteiger partial charge on any atom is -0.385 e. The first-order valence-electron chi connectivity index (χ1n) is 11.8. The number of imidazole rings is 1. The fourth-order valence-corrected chi connectivity index (χ4v) is 5.02. The molecule has 2 aromatic heterocycles. The highest BCUT2D eigenvalue weighted by Gasteiger charge is 2.50. The highest BCUT2D eigenvalue weighted by molar-refractivity contribution is 7.99. The fourth-order valence-electron chi connectivity index (χ4n) is 4.00. The number of hydrogen-bond acceptors (Lipinski definition) is 9. The van der Waals surface area contributed by atoms with Gasteiger partial charge in [-0.25, -0.2) is 19.7 Å². The van der Waals surface area contributed by atoms with Gasteiger partial charge >= 0.3 is 6.03 Å². The number of fused-ring (bicyclic) bond motifs is 1. The molecule has 11 nitrogen and oxygen atoms in total. The van der Waals surface area contributed by atoms with E-state index in [0.29, 0.717) is 23.5 Å². The Hall–Kier alpha value is -2.93. The zero-order chi connectivity index (χ0) is 25.9. The van der Waals surface area contributed by atoms with Gasteiger partial charge in [0.2, 0.25) is 0 Å². The summed E-state index contributed by atoms with van der Waals surface area (Å²) in [6, 6.07) is 7.59. The third-order valence-corrected chi connectivity index (χ3v) is 7.30. The number of nitrogens with one attached hydrogen (secondary N) is 2. The Bertz CT molecular complexity index is 1200. The number of carbonyl (C=O) groups excluding carboxylic acids is 1. The topological polar surface area (TPSA) is 160 Å². The molecule has 0 saturated carbocycles. The van der Waals surface area contributed by atoms with Gasteiger partial charge in [0, 0.05) is 18.0 Å². The van der Waals surface area contributed by atoms with E-state index in [4.69, 9.17) is 10.5 Å². The average molecular weight is 516 g/mol. The highest BCUT2D eigenvalue weighted by atomic mass is 32.2. The van der Waals surface area contributed by atoms with Crippen molar-refractivity contribution in [3.05, 3.63) is 42.5 Å². The molecular formula is C24H33N7O4S. The molecule has 0 spiro atoms. The number of rotatable bonds is 8. The predicted molar refractivity (Wildman–Crippen MR) is 140 cm³/mol. The first-order valence-corrected chi connectivity index (χ1v) is 12.9. The summed E-state index contributed by atoms with van der Waals surface area (Å²) < 4.78 is 7.08. The number of hydrogen-bond donors (Lipinski definition) is 5. The molecule has 0 radical (unpaired) electrons. The maximum atomic E-state index is 12.1. The van der Waals surface area contributed by atoms with E-state index in [1.54, 1.807) is 11.8 Å². The van der Waals surface area contributed by atoms with E-state index in [-0.39, 0.29) is 23.9 Å². The number of ether oxygens (including phenoxy) is 1. The molecule has 194 valence electrons. The van der Waals surface area contributed by atoms with Gasteiger partial charge in [-0.1, -0.05) is 32.9 Å². The van der Waals surface area contributed by atoms with E-state index >= 15 is 0 Å². The van der Waals surface area contributed by atoms with Crippen LogP contribution in [0.25, 0.3) is 11.2 Å². The van der Waals surface area contributed by atoms with Crippen LogP contribution in [0.2, 0.25) is 0 Å². The van der Waals surface area contributed by atoms with Crippen LogP contribution >= 0.6 is 11.8 Å². The Morgan fingerprint density at radius 1 is 1.28 bits per heavy atom. The van der Waals surface area contributed by atoms with Gasteiger partial charge in [0.15, 0.2) is 17.2 Å². The highest BCUT2D eigenvalue weighted by Crippen LogP contribution is 2.33. The maximum absolute atomic E-state index is 12.1. The maximum Gasteiger partial charge on any atom is 0.319 e. The molecule has 0 aliphatic carbocycles. The SMILES string of the molecule is CC(C)(C)c1ccc(NC(=O)NCCCSC[C@H]2OC[C@](O)(n3cnc4c(N)ncnc43)[C@@H]2O)cc1. The molecular weight excluding hydrogens is 482 g/mol. The minimum absolute atomic E-state index is 0.0635. The third-order valence-electron chi connectivity index (χ3n) is 6.16. The Morgan fingerprint density at radius 2 is 2.03 bits per heavy atom. The standard InChI is InChI=1S/C24H33N7O4S/c1-23(2,3)15-5-7-16(8-6-15)30-22(33)26-9-4-10-36-11-17-19(32)24(34,12-35-17)31-14-29-18-20(25)27-13-28-21(18)31/h5-8,13-14,17,19,32,34H,4,9-12H2,1-3H3,(H2,25,27,28)(H2,26,30,33)/t17-,19-,24-/m1/s1. The Labute approximate surface area is 213 Å². The molecule has 3 heterocycles. The van der Waals surface area contributed by atoms with E-state index in [2.05, 4.69) is 46.4 Å². The van der Waals surface area contributed by atoms with Crippen molar-refractivity contribution in [2.75, 3.05) is 35.7 Å². The normalized spacial score (nSPS) is 22.1. The molecule has 12 heteroatoms. The van der Waals surface area contributed by atoms with Gasteiger partial charge in [-0.05, 0) is 35.3 Å². The molecule has 36 heavy (non-hydrogen) atoms. The van der Waals surface area contributed by atoms with Gasteiger partial charge in [0.25, 0.3) is 0 Å². The van der Waals surface area contributed by atoms with Gasteiger partial charge in [-0.15, -0.1) is 0 Å². The molecule has 6 N–H and O–H groups in total. The lowest BCUT2D eigenvalue weighted by molar-refractivity contribution is -0.107. The predicted octanol–water partition coefficient (Wildman–Crippen LogP) is 2.06. The van der Waals surface area contributed by atoms with Crippen LogP contribution in [0.1, 0.15) is 32.8 Å². The lowest BCUT2D eigenvalue weighted by Crippen LogP contribution is -2.46. The number of benzene rings is 1. The number of nitrogens with zero attached hydrogens (tertiary/aromatic N) is 4. The van der Waals surface area contributed by atoms with Gasteiger partial charge in [0.1, 0.15) is 17.9 Å². The number of urea groups is 1. The van der Waals surface area contributed by atoms with Crippen molar-refractivity contribution in [1.82, 2.24) is 24.8 Å². The Balaban J connectivity index is 1.18. The Kier molecular flexibility index (Phi) is 7.69. The van der Waals surface area contributed by atoms with Crippen LogP contribution in [-0.2, 0) is 15.9 Å². The summed E-state index contributed by atoms with van der Waals surface area (Å²) in [6.45, 7) is 6.85. The minimum atomic E-state index is -1.70. The van der Waals surface area contributed by atoms with Crippen molar-refractivity contribution >= 4 is 40.5 Å². The lowest BCUT2D eigenvalue weighted by atomic mass is 9.87. The first kappa shape index (κ1) is 26.1. The molecule has 1 aliphatic heterocycles. The molecule has 2 amide bonds. The summed E-state index contributed by atoms with van der Waals surface area (Å²) in [7, 11) is 0. The lowest BCUT2D eigenvalue weighted by Gasteiger charge is -2.27. The molecule has 4 rings (SSSR count). The number of anilines is 2. The molecule has 3 aromatic rings. The largest absolute Gasteiger partial charge is 0.385 e. The number of aliphatic hydroxyl groups is 2. The van der Waals surface area contributed by atoms with E-state index in [1.165, 1.54) is 22.8 Å². The number of thioether (sulfide) groups is 1. The number of carbonyl (C=O) groups is 1. The molecule has 3 atom stereocenters. The molecule has 1 fully saturated rings. The summed E-state index contributed by atoms with van der Waals surface area (Å²) in [5, 5.41) is 27.6. The van der Waals surface area contributed by atoms with Crippen molar-refractivity contribution in [2.45, 2.75) is 50.5 Å². The number of amides is 2. The van der Waals surface area contributed by atoms with E-state index in [1.807, 2.05) is 24.3 Å². The van der Waals surface area contributed by atoms with Crippen LogP contribution in [0, 0.1) is 0 Å². The van der Waals surface area contributed by atoms with E-state index in [9.17, 15) is 15.0 Å². The summed E-state index contributed by atoms with van der Waals surface area (Å²) in [4.78, 5) is 24.3. The smallest absolute Gasteiger partial charge is 0.319 e. The summed E-state index contributed by atoms with van der Waals surface area (Å²) in [5.41, 5.74) is 6.82. The van der Waals surface area contributed by atoms with Crippen LogP contribution in [0.5, 0.6) is 0 Å². The fraction of sp³-hybridized carbons (Fsp3) is 0.500. The monoisotopic (exact) mass is 515 g/mol.